The number of carbonyl (C=O) groups excluding carboxylic acids is 1. The van der Waals surface area contributed by atoms with Crippen LogP contribution in [0.2, 0.25) is 0 Å². The number of hydrogen-bond donors (Lipinski definition) is 2. The molecule has 2 aromatic rings. The first-order chi connectivity index (χ1) is 10.2. The lowest BCUT2D eigenvalue weighted by Gasteiger charge is -2.14. The fraction of sp³-hybridized carbons (Fsp3) is 0.467. The highest BCUT2D eigenvalue weighted by atomic mass is 16.3. The van der Waals surface area contributed by atoms with Crippen LogP contribution in [-0.4, -0.2) is 38.5 Å². The van der Waals surface area contributed by atoms with Crippen LogP contribution in [0.3, 0.4) is 0 Å². The van der Waals surface area contributed by atoms with Gasteiger partial charge in [-0.2, -0.15) is 5.10 Å². The number of nitrogens with zero attached hydrogens (tertiary/aromatic N) is 3. The van der Waals surface area contributed by atoms with Crippen molar-refractivity contribution < 1.29 is 9.90 Å². The molecule has 0 spiro atoms. The zero-order valence-corrected chi connectivity index (χ0v) is 12.1. The smallest absolute Gasteiger partial charge is 0.256 e. The van der Waals surface area contributed by atoms with E-state index in [1.165, 1.54) is 0 Å². The topological polar surface area (TPSA) is 72.1 Å². The zero-order valence-electron chi connectivity index (χ0n) is 12.1. The molecule has 6 heteroatoms. The number of aliphatic hydroxyl groups excluding tert-OH is 1. The van der Waals surface area contributed by atoms with Crippen molar-refractivity contribution in [1.82, 2.24) is 19.7 Å². The van der Waals surface area contributed by atoms with Crippen LogP contribution >= 0.6 is 0 Å². The first-order valence-corrected chi connectivity index (χ1v) is 7.20. The van der Waals surface area contributed by atoms with Gasteiger partial charge in [0.15, 0.2) is 0 Å². The summed E-state index contributed by atoms with van der Waals surface area (Å²) in [7, 11) is 1.82. The summed E-state index contributed by atoms with van der Waals surface area (Å²) >= 11 is 0. The maximum Gasteiger partial charge on any atom is 0.256 e. The molecule has 1 aliphatic carbocycles. The van der Waals surface area contributed by atoms with E-state index in [1.807, 2.05) is 36.1 Å². The Labute approximate surface area is 123 Å². The van der Waals surface area contributed by atoms with Crippen molar-refractivity contribution >= 4 is 5.91 Å². The second-order valence-corrected chi connectivity index (χ2v) is 5.75. The van der Waals surface area contributed by atoms with Crippen molar-refractivity contribution in [3.8, 4) is 5.82 Å². The molecule has 1 amide bonds. The van der Waals surface area contributed by atoms with Gasteiger partial charge in [-0.1, -0.05) is 0 Å². The van der Waals surface area contributed by atoms with Crippen molar-refractivity contribution in [1.29, 1.82) is 0 Å². The van der Waals surface area contributed by atoms with Crippen LogP contribution in [0.1, 0.15) is 29.6 Å². The van der Waals surface area contributed by atoms with E-state index < -0.39 is 0 Å². The minimum Gasteiger partial charge on any atom is -0.396 e. The number of aromatic nitrogens is 3. The van der Waals surface area contributed by atoms with E-state index in [4.69, 9.17) is 5.11 Å². The Bertz CT molecular complexity index is 626. The summed E-state index contributed by atoms with van der Waals surface area (Å²) in [4.78, 5) is 12.4. The third kappa shape index (κ3) is 2.71. The number of aryl methyl sites for hydroxylation is 1. The summed E-state index contributed by atoms with van der Waals surface area (Å²) in [5.74, 6) is 0.639. The van der Waals surface area contributed by atoms with Crippen molar-refractivity contribution in [3.63, 3.8) is 0 Å². The molecular weight excluding hydrogens is 268 g/mol. The van der Waals surface area contributed by atoms with Gasteiger partial charge >= 0.3 is 0 Å². The third-order valence-electron chi connectivity index (χ3n) is 4.22. The Morgan fingerprint density at radius 3 is 2.76 bits per heavy atom. The predicted octanol–water partition coefficient (Wildman–Crippen LogP) is 1.10. The average molecular weight is 288 g/mol. The van der Waals surface area contributed by atoms with E-state index >= 15 is 0 Å². The first kappa shape index (κ1) is 13.9. The Morgan fingerprint density at radius 2 is 2.14 bits per heavy atom. The molecule has 0 bridgehead atoms. The van der Waals surface area contributed by atoms with Gasteiger partial charge in [0.05, 0.1) is 6.20 Å². The summed E-state index contributed by atoms with van der Waals surface area (Å²) in [5, 5.41) is 16.2. The number of carbonyl (C=O) groups is 1. The lowest BCUT2D eigenvalue weighted by Crippen LogP contribution is -2.31. The Morgan fingerprint density at radius 1 is 1.43 bits per heavy atom. The van der Waals surface area contributed by atoms with Crippen LogP contribution < -0.4 is 5.32 Å². The highest BCUT2D eigenvalue weighted by molar-refractivity contribution is 5.97. The SMILES string of the molecule is Cn1ncc(C(=O)NCC2(CCO)CC2)c1-n1cccc1. The van der Waals surface area contributed by atoms with Crippen molar-refractivity contribution in [2.45, 2.75) is 19.3 Å². The van der Waals surface area contributed by atoms with E-state index in [1.54, 1.807) is 10.9 Å². The van der Waals surface area contributed by atoms with Gasteiger partial charge in [-0.25, -0.2) is 0 Å². The number of amides is 1. The molecule has 0 unspecified atom stereocenters. The molecule has 1 fully saturated rings. The zero-order chi connectivity index (χ0) is 14.9. The van der Waals surface area contributed by atoms with E-state index in [0.29, 0.717) is 12.1 Å². The quantitative estimate of drug-likeness (QED) is 0.836. The van der Waals surface area contributed by atoms with Crippen molar-refractivity contribution in [2.75, 3.05) is 13.2 Å². The molecule has 0 radical (unpaired) electrons. The van der Waals surface area contributed by atoms with Crippen LogP contribution in [0.5, 0.6) is 0 Å². The summed E-state index contributed by atoms with van der Waals surface area (Å²) in [6.45, 7) is 0.795. The number of rotatable bonds is 6. The number of hydrogen-bond acceptors (Lipinski definition) is 3. The second kappa shape index (κ2) is 5.37. The monoisotopic (exact) mass is 288 g/mol. The Balaban J connectivity index is 1.74. The first-order valence-electron chi connectivity index (χ1n) is 7.20. The largest absolute Gasteiger partial charge is 0.396 e. The third-order valence-corrected chi connectivity index (χ3v) is 4.22. The van der Waals surface area contributed by atoms with Gasteiger partial charge in [0.25, 0.3) is 5.91 Å². The van der Waals surface area contributed by atoms with Gasteiger partial charge < -0.3 is 15.0 Å². The lowest BCUT2D eigenvalue weighted by atomic mass is 10.0. The number of nitrogens with one attached hydrogen (secondary N) is 1. The van der Waals surface area contributed by atoms with E-state index in [9.17, 15) is 4.79 Å². The van der Waals surface area contributed by atoms with Crippen molar-refractivity contribution in [2.24, 2.45) is 12.5 Å². The van der Waals surface area contributed by atoms with Gasteiger partial charge in [0, 0.05) is 32.6 Å². The molecule has 112 valence electrons. The number of aliphatic hydroxyl groups is 1. The van der Waals surface area contributed by atoms with E-state index in [2.05, 4.69) is 10.4 Å². The maximum absolute atomic E-state index is 12.4. The van der Waals surface area contributed by atoms with E-state index in [-0.39, 0.29) is 17.9 Å². The highest BCUT2D eigenvalue weighted by Gasteiger charge is 2.42. The Kier molecular flexibility index (Phi) is 3.55. The standard InChI is InChI=1S/C15H20N4O2/c1-18-14(19-7-2-3-8-19)12(10-17-18)13(21)16-11-15(4-5-15)6-9-20/h2-3,7-8,10,20H,4-6,9,11H2,1H3,(H,16,21). The molecule has 0 aliphatic heterocycles. The second-order valence-electron chi connectivity index (χ2n) is 5.75. The fourth-order valence-electron chi connectivity index (χ4n) is 2.67. The molecule has 3 rings (SSSR count). The van der Waals surface area contributed by atoms with Gasteiger partial charge in [-0.3, -0.25) is 9.48 Å². The molecule has 2 N–H and O–H groups in total. The van der Waals surface area contributed by atoms with Gasteiger partial charge in [-0.15, -0.1) is 0 Å². The summed E-state index contributed by atoms with van der Waals surface area (Å²) in [6.07, 6.45) is 8.28. The molecule has 0 saturated heterocycles. The minimum atomic E-state index is -0.115. The molecule has 2 heterocycles. The molecule has 2 aromatic heterocycles. The van der Waals surface area contributed by atoms with Crippen LogP contribution in [-0.2, 0) is 7.05 Å². The highest BCUT2D eigenvalue weighted by Crippen LogP contribution is 2.47. The molecule has 1 aliphatic rings. The maximum atomic E-state index is 12.4. The molecule has 0 aromatic carbocycles. The predicted molar refractivity (Wildman–Crippen MR) is 78.2 cm³/mol. The van der Waals surface area contributed by atoms with Crippen molar-refractivity contribution in [3.05, 3.63) is 36.3 Å². The van der Waals surface area contributed by atoms with Crippen LogP contribution in [0, 0.1) is 5.41 Å². The Hall–Kier alpha value is -2.08. The minimum absolute atomic E-state index is 0.111. The molecule has 21 heavy (non-hydrogen) atoms. The van der Waals surface area contributed by atoms with Gasteiger partial charge in [-0.05, 0) is 36.8 Å². The average Bonchev–Trinajstić information content (AvgIpc) is 2.89. The fourth-order valence-corrected chi connectivity index (χ4v) is 2.67. The molecule has 0 atom stereocenters. The molecular formula is C15H20N4O2. The normalized spacial score (nSPS) is 15.9. The molecule has 6 nitrogen and oxygen atoms in total. The summed E-state index contributed by atoms with van der Waals surface area (Å²) < 4.78 is 3.57. The summed E-state index contributed by atoms with van der Waals surface area (Å²) in [6, 6.07) is 3.82. The van der Waals surface area contributed by atoms with E-state index in [0.717, 1.165) is 25.1 Å². The van der Waals surface area contributed by atoms with Crippen LogP contribution in [0.4, 0.5) is 0 Å². The van der Waals surface area contributed by atoms with Gasteiger partial charge in [0.1, 0.15) is 11.4 Å². The van der Waals surface area contributed by atoms with Gasteiger partial charge in [0.2, 0.25) is 0 Å². The lowest BCUT2D eigenvalue weighted by molar-refractivity contribution is 0.0940. The van der Waals surface area contributed by atoms with Crippen LogP contribution in [0.25, 0.3) is 5.82 Å². The summed E-state index contributed by atoms with van der Waals surface area (Å²) in [5.41, 5.74) is 0.675. The molecule has 1 saturated carbocycles. The van der Waals surface area contributed by atoms with Crippen LogP contribution in [0.15, 0.2) is 30.7 Å².